The molecule has 7 heteroatoms. The van der Waals surface area contributed by atoms with Crippen LogP contribution in [0.15, 0.2) is 51.7 Å². The zero-order chi connectivity index (χ0) is 17.9. The number of carbonyl (C=O) groups is 1. The number of nitrogens with zero attached hydrogens (tertiary/aromatic N) is 3. The van der Waals surface area contributed by atoms with Crippen molar-refractivity contribution in [2.45, 2.75) is 25.2 Å². The molecular weight excluding hydrogens is 354 g/mol. The van der Waals surface area contributed by atoms with E-state index in [1.807, 2.05) is 29.2 Å². The Labute approximate surface area is 155 Å². The second-order valence-electron chi connectivity index (χ2n) is 6.42. The standard InChI is InChI=1S/C19H18ClN3O3/c20-16-3-1-13(2-4-16)11-17(24)23-8-5-14(6-9-23)18-21-22-19(26-18)15-7-10-25-12-15/h1-4,7,10,12,14H,5-6,8-9,11H2. The number of aromatic nitrogens is 2. The van der Waals surface area contributed by atoms with Crippen molar-refractivity contribution in [3.63, 3.8) is 0 Å². The molecule has 3 aromatic rings. The van der Waals surface area contributed by atoms with E-state index < -0.39 is 0 Å². The molecule has 1 aliphatic rings. The number of halogens is 1. The molecule has 0 unspecified atom stereocenters. The van der Waals surface area contributed by atoms with Crippen LogP contribution in [0, 0.1) is 0 Å². The molecule has 1 aromatic carbocycles. The third-order valence-electron chi connectivity index (χ3n) is 4.67. The maximum atomic E-state index is 12.5. The highest BCUT2D eigenvalue weighted by molar-refractivity contribution is 6.30. The molecule has 0 N–H and O–H groups in total. The molecule has 4 rings (SSSR count). The summed E-state index contributed by atoms with van der Waals surface area (Å²) in [6, 6.07) is 9.19. The third kappa shape index (κ3) is 3.65. The van der Waals surface area contributed by atoms with Gasteiger partial charge in [-0.15, -0.1) is 10.2 Å². The van der Waals surface area contributed by atoms with Crippen LogP contribution in [-0.4, -0.2) is 34.1 Å². The summed E-state index contributed by atoms with van der Waals surface area (Å²) in [6.45, 7) is 1.39. The molecule has 0 bridgehead atoms. The van der Waals surface area contributed by atoms with E-state index in [2.05, 4.69) is 10.2 Å². The van der Waals surface area contributed by atoms with Crippen molar-refractivity contribution in [2.24, 2.45) is 0 Å². The minimum Gasteiger partial charge on any atom is -0.472 e. The molecule has 6 nitrogen and oxygen atoms in total. The van der Waals surface area contributed by atoms with E-state index in [0.29, 0.717) is 36.3 Å². The number of piperidine rings is 1. The Kier molecular flexibility index (Phi) is 4.75. The quantitative estimate of drug-likeness (QED) is 0.694. The van der Waals surface area contributed by atoms with Crippen LogP contribution < -0.4 is 0 Å². The van der Waals surface area contributed by atoms with Gasteiger partial charge in [-0.05, 0) is 36.6 Å². The number of furan rings is 1. The molecule has 0 atom stereocenters. The number of amides is 1. The summed E-state index contributed by atoms with van der Waals surface area (Å²) >= 11 is 5.89. The summed E-state index contributed by atoms with van der Waals surface area (Å²) in [6.07, 6.45) is 5.19. The van der Waals surface area contributed by atoms with E-state index in [4.69, 9.17) is 20.4 Å². The Balaban J connectivity index is 1.33. The predicted molar refractivity (Wildman–Crippen MR) is 95.7 cm³/mol. The van der Waals surface area contributed by atoms with E-state index in [1.54, 1.807) is 18.6 Å². The molecule has 26 heavy (non-hydrogen) atoms. The summed E-state index contributed by atoms with van der Waals surface area (Å²) in [5, 5.41) is 8.93. The molecule has 0 saturated carbocycles. The summed E-state index contributed by atoms with van der Waals surface area (Å²) in [5.41, 5.74) is 1.75. The first-order chi connectivity index (χ1) is 12.7. The van der Waals surface area contributed by atoms with Crippen molar-refractivity contribution in [1.82, 2.24) is 15.1 Å². The van der Waals surface area contributed by atoms with Gasteiger partial charge in [0.15, 0.2) is 0 Å². The highest BCUT2D eigenvalue weighted by atomic mass is 35.5. The van der Waals surface area contributed by atoms with E-state index in [9.17, 15) is 4.79 Å². The minimum absolute atomic E-state index is 0.135. The van der Waals surface area contributed by atoms with Crippen LogP contribution in [0.2, 0.25) is 5.02 Å². The number of benzene rings is 1. The third-order valence-corrected chi connectivity index (χ3v) is 4.93. The van der Waals surface area contributed by atoms with Crippen LogP contribution in [0.3, 0.4) is 0 Å². The van der Waals surface area contributed by atoms with Crippen molar-refractivity contribution in [2.75, 3.05) is 13.1 Å². The topological polar surface area (TPSA) is 72.4 Å². The van der Waals surface area contributed by atoms with Gasteiger partial charge >= 0.3 is 0 Å². The van der Waals surface area contributed by atoms with Gasteiger partial charge in [0.25, 0.3) is 5.89 Å². The molecule has 134 valence electrons. The average Bonchev–Trinajstić information content (AvgIpc) is 3.35. The Bertz CT molecular complexity index is 866. The second-order valence-corrected chi connectivity index (χ2v) is 6.85. The van der Waals surface area contributed by atoms with Gasteiger partial charge in [-0.3, -0.25) is 4.79 Å². The normalized spacial score (nSPS) is 15.3. The van der Waals surface area contributed by atoms with Gasteiger partial charge in [-0.2, -0.15) is 0 Å². The van der Waals surface area contributed by atoms with Crippen LogP contribution in [0.5, 0.6) is 0 Å². The summed E-state index contributed by atoms with van der Waals surface area (Å²) in [4.78, 5) is 14.4. The number of likely N-dealkylation sites (tertiary alicyclic amines) is 1. The van der Waals surface area contributed by atoms with Crippen molar-refractivity contribution >= 4 is 17.5 Å². The molecule has 2 aromatic heterocycles. The largest absolute Gasteiger partial charge is 0.472 e. The molecule has 1 aliphatic heterocycles. The number of hydrogen-bond donors (Lipinski definition) is 0. The first-order valence-corrected chi connectivity index (χ1v) is 8.95. The van der Waals surface area contributed by atoms with Crippen molar-refractivity contribution in [3.05, 3.63) is 59.3 Å². The van der Waals surface area contributed by atoms with Gasteiger partial charge in [-0.1, -0.05) is 23.7 Å². The Morgan fingerprint density at radius 3 is 2.62 bits per heavy atom. The number of carbonyl (C=O) groups excluding carboxylic acids is 1. The van der Waals surface area contributed by atoms with Gasteiger partial charge in [0.05, 0.1) is 18.2 Å². The first kappa shape index (κ1) is 16.8. The van der Waals surface area contributed by atoms with Gasteiger partial charge < -0.3 is 13.7 Å². The highest BCUT2D eigenvalue weighted by Gasteiger charge is 2.27. The first-order valence-electron chi connectivity index (χ1n) is 8.57. The Morgan fingerprint density at radius 2 is 1.92 bits per heavy atom. The zero-order valence-corrected chi connectivity index (χ0v) is 14.9. The van der Waals surface area contributed by atoms with Crippen molar-refractivity contribution in [1.29, 1.82) is 0 Å². The molecule has 1 fully saturated rings. The van der Waals surface area contributed by atoms with Crippen LogP contribution in [0.4, 0.5) is 0 Å². The minimum atomic E-state index is 0.135. The lowest BCUT2D eigenvalue weighted by molar-refractivity contribution is -0.131. The Hall–Kier alpha value is -2.60. The molecule has 0 radical (unpaired) electrons. The SMILES string of the molecule is O=C(Cc1ccc(Cl)cc1)N1CCC(c2nnc(-c3ccoc3)o2)CC1. The Morgan fingerprint density at radius 1 is 1.15 bits per heavy atom. The zero-order valence-electron chi connectivity index (χ0n) is 14.1. The van der Waals surface area contributed by atoms with E-state index in [1.165, 1.54) is 0 Å². The lowest BCUT2D eigenvalue weighted by Gasteiger charge is -2.30. The van der Waals surface area contributed by atoms with E-state index in [-0.39, 0.29) is 11.8 Å². The van der Waals surface area contributed by atoms with Gasteiger partial charge in [0.1, 0.15) is 6.26 Å². The molecule has 1 saturated heterocycles. The molecular formula is C19H18ClN3O3. The van der Waals surface area contributed by atoms with Gasteiger partial charge in [0.2, 0.25) is 11.8 Å². The van der Waals surface area contributed by atoms with E-state index >= 15 is 0 Å². The monoisotopic (exact) mass is 371 g/mol. The molecule has 1 amide bonds. The number of hydrogen-bond acceptors (Lipinski definition) is 5. The average molecular weight is 372 g/mol. The maximum Gasteiger partial charge on any atom is 0.250 e. The molecule has 0 aliphatic carbocycles. The summed E-state index contributed by atoms with van der Waals surface area (Å²) in [7, 11) is 0. The van der Waals surface area contributed by atoms with Crippen LogP contribution in [0.1, 0.15) is 30.2 Å². The van der Waals surface area contributed by atoms with Crippen molar-refractivity contribution < 1.29 is 13.6 Å². The molecule has 3 heterocycles. The fourth-order valence-corrected chi connectivity index (χ4v) is 3.29. The second kappa shape index (κ2) is 7.33. The lowest BCUT2D eigenvalue weighted by atomic mass is 9.96. The summed E-state index contributed by atoms with van der Waals surface area (Å²) in [5.74, 6) is 1.42. The highest BCUT2D eigenvalue weighted by Crippen LogP contribution is 2.29. The predicted octanol–water partition coefficient (Wildman–Crippen LogP) is 3.93. The fourth-order valence-electron chi connectivity index (χ4n) is 3.17. The fraction of sp³-hybridized carbons (Fsp3) is 0.316. The van der Waals surface area contributed by atoms with Gasteiger partial charge in [0, 0.05) is 24.0 Å². The maximum absolute atomic E-state index is 12.5. The van der Waals surface area contributed by atoms with Crippen molar-refractivity contribution in [3.8, 4) is 11.5 Å². The smallest absolute Gasteiger partial charge is 0.250 e. The summed E-state index contributed by atoms with van der Waals surface area (Å²) < 4.78 is 10.8. The lowest BCUT2D eigenvalue weighted by Crippen LogP contribution is -2.38. The van der Waals surface area contributed by atoms with Crippen LogP contribution >= 0.6 is 11.6 Å². The van der Waals surface area contributed by atoms with E-state index in [0.717, 1.165) is 24.0 Å². The van der Waals surface area contributed by atoms with Crippen LogP contribution in [0.25, 0.3) is 11.5 Å². The molecule has 0 spiro atoms. The van der Waals surface area contributed by atoms with Crippen LogP contribution in [-0.2, 0) is 11.2 Å². The number of rotatable bonds is 4. The van der Waals surface area contributed by atoms with Gasteiger partial charge in [-0.25, -0.2) is 0 Å².